The van der Waals surface area contributed by atoms with Gasteiger partial charge in [0.2, 0.25) is 5.91 Å². The van der Waals surface area contributed by atoms with E-state index >= 15 is 0 Å². The van der Waals surface area contributed by atoms with Gasteiger partial charge in [-0.25, -0.2) is 4.39 Å². The van der Waals surface area contributed by atoms with Gasteiger partial charge in [0.15, 0.2) is 0 Å². The minimum atomic E-state index is -0.253. The van der Waals surface area contributed by atoms with E-state index in [4.69, 9.17) is 16.3 Å². The normalized spacial score (nSPS) is 15.9. The van der Waals surface area contributed by atoms with Crippen molar-refractivity contribution in [2.24, 2.45) is 0 Å². The second-order valence-corrected chi connectivity index (χ2v) is 7.12. The number of ether oxygens (including phenoxy) is 1. The second-order valence-electron chi connectivity index (χ2n) is 6.71. The molecule has 1 fully saturated rings. The van der Waals surface area contributed by atoms with Crippen molar-refractivity contribution < 1.29 is 13.9 Å². The van der Waals surface area contributed by atoms with E-state index in [2.05, 4.69) is 15.5 Å². The molecule has 2 N–H and O–H groups in total. The first-order valence-electron chi connectivity index (χ1n) is 9.41. The summed E-state index contributed by atoms with van der Waals surface area (Å²) in [5.41, 5.74) is 1.90. The van der Waals surface area contributed by atoms with Crippen LogP contribution in [0.5, 0.6) is 0 Å². The molecule has 7 heteroatoms. The summed E-state index contributed by atoms with van der Waals surface area (Å²) >= 11 is 6.11. The fourth-order valence-electron chi connectivity index (χ4n) is 3.25. The van der Waals surface area contributed by atoms with Gasteiger partial charge < -0.3 is 15.4 Å². The first-order valence-corrected chi connectivity index (χ1v) is 9.79. The number of hydrogen-bond acceptors (Lipinski definition) is 4. The summed E-state index contributed by atoms with van der Waals surface area (Å²) in [6.45, 7) is 4.15. The number of nitrogens with one attached hydrogen (secondary N) is 2. The van der Waals surface area contributed by atoms with Crippen molar-refractivity contribution in [3.63, 3.8) is 0 Å². The number of amides is 1. The predicted molar refractivity (Wildman–Crippen MR) is 108 cm³/mol. The lowest BCUT2D eigenvalue weighted by Gasteiger charge is -2.35. The molecular formula is C21H25ClFN3O2. The van der Waals surface area contributed by atoms with Crippen LogP contribution in [-0.2, 0) is 16.1 Å². The molecule has 5 nitrogen and oxygen atoms in total. The van der Waals surface area contributed by atoms with Crippen LogP contribution < -0.4 is 10.6 Å². The van der Waals surface area contributed by atoms with Crippen molar-refractivity contribution >= 4 is 17.5 Å². The first-order chi connectivity index (χ1) is 13.6. The number of carbonyl (C=O) groups is 1. The smallest absolute Gasteiger partial charge is 0.234 e. The number of nitrogens with zero attached hydrogens (tertiary/aromatic N) is 1. The Morgan fingerprint density at radius 3 is 2.57 bits per heavy atom. The zero-order valence-electron chi connectivity index (χ0n) is 15.7. The Kier molecular flexibility index (Phi) is 7.80. The average Bonchev–Trinajstić information content (AvgIpc) is 2.72. The summed E-state index contributed by atoms with van der Waals surface area (Å²) in [5.74, 6) is -0.351. The summed E-state index contributed by atoms with van der Waals surface area (Å²) in [7, 11) is 0. The minimum absolute atomic E-state index is 0.0564. The molecule has 1 aliphatic rings. The molecule has 0 bridgehead atoms. The van der Waals surface area contributed by atoms with Gasteiger partial charge in [-0.2, -0.15) is 0 Å². The Labute approximate surface area is 169 Å². The van der Waals surface area contributed by atoms with Crippen LogP contribution in [0.4, 0.5) is 4.39 Å². The van der Waals surface area contributed by atoms with Crippen molar-refractivity contribution in [2.75, 3.05) is 39.4 Å². The Balaban J connectivity index is 1.52. The van der Waals surface area contributed by atoms with E-state index in [9.17, 15) is 9.18 Å². The summed E-state index contributed by atoms with van der Waals surface area (Å²) in [5, 5.41) is 6.73. The largest absolute Gasteiger partial charge is 0.379 e. The molecule has 0 saturated carbocycles. The van der Waals surface area contributed by atoms with Gasteiger partial charge >= 0.3 is 0 Å². The molecule has 1 saturated heterocycles. The summed E-state index contributed by atoms with van der Waals surface area (Å²) in [6, 6.07) is 14.0. The summed E-state index contributed by atoms with van der Waals surface area (Å²) < 4.78 is 18.7. The molecule has 1 atom stereocenters. The quantitative estimate of drug-likeness (QED) is 0.709. The van der Waals surface area contributed by atoms with Crippen LogP contribution >= 0.6 is 11.6 Å². The molecule has 1 amide bonds. The van der Waals surface area contributed by atoms with Crippen molar-refractivity contribution in [2.45, 2.75) is 12.6 Å². The lowest BCUT2D eigenvalue weighted by molar-refractivity contribution is -0.120. The number of hydrogen-bond donors (Lipinski definition) is 2. The maximum absolute atomic E-state index is 13.3. The SMILES string of the molecule is O=C(CNC[C@@H](c1ccc(F)cc1)N1CCOCC1)NCc1ccccc1Cl. The van der Waals surface area contributed by atoms with Crippen LogP contribution in [0.15, 0.2) is 48.5 Å². The van der Waals surface area contributed by atoms with E-state index in [-0.39, 0.29) is 24.3 Å². The lowest BCUT2D eigenvalue weighted by Crippen LogP contribution is -2.44. The third-order valence-electron chi connectivity index (χ3n) is 4.80. The molecule has 1 aliphatic heterocycles. The number of morpholine rings is 1. The molecule has 0 unspecified atom stereocenters. The van der Waals surface area contributed by atoms with Crippen molar-refractivity contribution in [1.29, 1.82) is 0 Å². The van der Waals surface area contributed by atoms with Crippen molar-refractivity contribution in [3.8, 4) is 0 Å². The Hall–Kier alpha value is -1.99. The van der Waals surface area contributed by atoms with Gasteiger partial charge in [0, 0.05) is 37.2 Å². The maximum atomic E-state index is 13.3. The summed E-state index contributed by atoms with van der Waals surface area (Å²) in [4.78, 5) is 14.5. The molecule has 3 rings (SSSR count). The third kappa shape index (κ3) is 6.01. The number of benzene rings is 2. The van der Waals surface area contributed by atoms with Gasteiger partial charge in [-0.1, -0.05) is 41.9 Å². The highest BCUT2D eigenvalue weighted by atomic mass is 35.5. The predicted octanol–water partition coefficient (Wildman–Crippen LogP) is 2.76. The minimum Gasteiger partial charge on any atom is -0.379 e. The van der Waals surface area contributed by atoms with Gasteiger partial charge in [0.1, 0.15) is 5.82 Å². The van der Waals surface area contributed by atoms with Crippen LogP contribution in [-0.4, -0.2) is 50.2 Å². The Morgan fingerprint density at radius 1 is 1.14 bits per heavy atom. The van der Waals surface area contributed by atoms with Gasteiger partial charge in [0.05, 0.1) is 19.8 Å². The van der Waals surface area contributed by atoms with Gasteiger partial charge in [-0.15, -0.1) is 0 Å². The van der Waals surface area contributed by atoms with E-state index in [1.165, 1.54) is 12.1 Å². The van der Waals surface area contributed by atoms with E-state index in [1.54, 1.807) is 18.2 Å². The molecular weight excluding hydrogens is 381 g/mol. The molecule has 2 aromatic rings. The topological polar surface area (TPSA) is 53.6 Å². The average molecular weight is 406 g/mol. The lowest BCUT2D eigenvalue weighted by atomic mass is 10.0. The van der Waals surface area contributed by atoms with Gasteiger partial charge in [0.25, 0.3) is 0 Å². The number of halogens is 2. The van der Waals surface area contributed by atoms with E-state index in [1.807, 2.05) is 18.2 Å². The van der Waals surface area contributed by atoms with E-state index in [0.717, 1.165) is 24.2 Å². The molecule has 150 valence electrons. The molecule has 0 aromatic heterocycles. The maximum Gasteiger partial charge on any atom is 0.234 e. The zero-order chi connectivity index (χ0) is 19.8. The fourth-order valence-corrected chi connectivity index (χ4v) is 3.45. The van der Waals surface area contributed by atoms with Crippen LogP contribution in [0, 0.1) is 5.82 Å². The monoisotopic (exact) mass is 405 g/mol. The molecule has 1 heterocycles. The van der Waals surface area contributed by atoms with Gasteiger partial charge in [-0.05, 0) is 29.3 Å². The van der Waals surface area contributed by atoms with Crippen LogP contribution in [0.1, 0.15) is 17.2 Å². The van der Waals surface area contributed by atoms with Gasteiger partial charge in [-0.3, -0.25) is 9.69 Å². The molecule has 0 radical (unpaired) electrons. The van der Waals surface area contributed by atoms with Crippen molar-refractivity contribution in [3.05, 3.63) is 70.5 Å². The standard InChI is InChI=1S/C21H25ClFN3O2/c22-19-4-2-1-3-17(19)13-25-21(27)15-24-14-20(26-9-11-28-12-10-26)16-5-7-18(23)8-6-16/h1-8,20,24H,9-15H2,(H,25,27)/t20-/m0/s1. The zero-order valence-corrected chi connectivity index (χ0v) is 16.4. The summed E-state index contributed by atoms with van der Waals surface area (Å²) in [6.07, 6.45) is 0. The van der Waals surface area contributed by atoms with E-state index < -0.39 is 0 Å². The van der Waals surface area contributed by atoms with Crippen LogP contribution in [0.3, 0.4) is 0 Å². The Bertz CT molecular complexity index is 767. The first kappa shape index (κ1) is 20.7. The Morgan fingerprint density at radius 2 is 1.86 bits per heavy atom. The van der Waals surface area contributed by atoms with E-state index in [0.29, 0.717) is 31.3 Å². The molecule has 2 aromatic carbocycles. The highest BCUT2D eigenvalue weighted by Gasteiger charge is 2.22. The second kappa shape index (κ2) is 10.5. The number of rotatable bonds is 8. The van der Waals surface area contributed by atoms with Crippen LogP contribution in [0.2, 0.25) is 5.02 Å². The molecule has 0 aliphatic carbocycles. The molecule has 0 spiro atoms. The highest BCUT2D eigenvalue weighted by Crippen LogP contribution is 2.21. The highest BCUT2D eigenvalue weighted by molar-refractivity contribution is 6.31. The fraction of sp³-hybridized carbons (Fsp3) is 0.381. The third-order valence-corrected chi connectivity index (χ3v) is 5.17. The van der Waals surface area contributed by atoms with Crippen LogP contribution in [0.25, 0.3) is 0 Å². The van der Waals surface area contributed by atoms with Crippen molar-refractivity contribution in [1.82, 2.24) is 15.5 Å². The molecule has 28 heavy (non-hydrogen) atoms. The number of carbonyl (C=O) groups excluding carboxylic acids is 1.